The van der Waals surface area contributed by atoms with Crippen LogP contribution < -0.4 is 10.5 Å². The van der Waals surface area contributed by atoms with Gasteiger partial charge in [-0.05, 0) is 6.07 Å². The number of nitro groups is 1. The molecule has 0 radical (unpaired) electrons. The second-order valence-electron chi connectivity index (χ2n) is 3.56. The molecule has 104 valence electrons. The van der Waals surface area contributed by atoms with Gasteiger partial charge in [-0.25, -0.2) is 0 Å². The van der Waals surface area contributed by atoms with Crippen molar-refractivity contribution < 1.29 is 28.3 Å². The van der Waals surface area contributed by atoms with Gasteiger partial charge < -0.3 is 15.6 Å². The number of carboxylic acids is 1. The van der Waals surface area contributed by atoms with Crippen molar-refractivity contribution in [2.24, 2.45) is 5.73 Å². The van der Waals surface area contributed by atoms with Crippen LogP contribution in [0.25, 0.3) is 0 Å². The Kier molecular flexibility index (Phi) is 4.70. The van der Waals surface area contributed by atoms with E-state index in [1.807, 2.05) is 0 Å². The molecule has 0 spiro atoms. The minimum absolute atomic E-state index is 0.156. The molecule has 0 bridgehead atoms. The fourth-order valence-electron chi connectivity index (χ4n) is 1.44. The van der Waals surface area contributed by atoms with Crippen LogP contribution in [0.3, 0.4) is 0 Å². The zero-order valence-corrected chi connectivity index (χ0v) is 9.45. The SMILES string of the molecule is N[C@@H](CC(=O)O)c1cc([N+](=O)[O-])ccc1OC(F)F. The maximum absolute atomic E-state index is 12.2. The summed E-state index contributed by atoms with van der Waals surface area (Å²) < 4.78 is 28.5. The molecular formula is C10H10F2N2O5. The summed E-state index contributed by atoms with van der Waals surface area (Å²) in [6.07, 6.45) is -0.569. The third-order valence-corrected chi connectivity index (χ3v) is 2.21. The number of hydrogen-bond donors (Lipinski definition) is 2. The maximum atomic E-state index is 12.2. The van der Waals surface area contributed by atoms with Gasteiger partial charge in [-0.15, -0.1) is 0 Å². The van der Waals surface area contributed by atoms with Gasteiger partial charge >= 0.3 is 12.6 Å². The number of rotatable bonds is 6. The smallest absolute Gasteiger partial charge is 0.387 e. The molecule has 0 aliphatic carbocycles. The van der Waals surface area contributed by atoms with Gasteiger partial charge in [-0.2, -0.15) is 8.78 Å². The van der Waals surface area contributed by atoms with Gasteiger partial charge in [0.2, 0.25) is 0 Å². The molecule has 19 heavy (non-hydrogen) atoms. The number of benzene rings is 1. The standard InChI is InChI=1S/C10H10F2N2O5/c11-10(12)19-8-2-1-5(14(17)18)3-6(8)7(13)4-9(15)16/h1-3,7,10H,4,13H2,(H,15,16)/t7-/m0/s1. The molecule has 1 aromatic carbocycles. The van der Waals surface area contributed by atoms with Gasteiger partial charge in [-0.1, -0.05) is 0 Å². The van der Waals surface area contributed by atoms with Crippen molar-refractivity contribution in [3.05, 3.63) is 33.9 Å². The third kappa shape index (κ3) is 4.14. The Morgan fingerprint density at radius 3 is 2.63 bits per heavy atom. The minimum Gasteiger partial charge on any atom is -0.481 e. The van der Waals surface area contributed by atoms with Crippen LogP contribution in [0, 0.1) is 10.1 Å². The number of carboxylic acid groups (broad SMARTS) is 1. The zero-order valence-electron chi connectivity index (χ0n) is 9.45. The largest absolute Gasteiger partial charge is 0.481 e. The van der Waals surface area contributed by atoms with Crippen molar-refractivity contribution in [2.45, 2.75) is 19.1 Å². The van der Waals surface area contributed by atoms with Crippen molar-refractivity contribution >= 4 is 11.7 Å². The van der Waals surface area contributed by atoms with Crippen LogP contribution in [0.4, 0.5) is 14.5 Å². The maximum Gasteiger partial charge on any atom is 0.387 e. The number of aliphatic carboxylic acids is 1. The number of halogens is 2. The quantitative estimate of drug-likeness (QED) is 0.603. The Hall–Kier alpha value is -2.29. The fourth-order valence-corrected chi connectivity index (χ4v) is 1.44. The monoisotopic (exact) mass is 276 g/mol. The lowest BCUT2D eigenvalue weighted by atomic mass is 10.0. The van der Waals surface area contributed by atoms with Crippen molar-refractivity contribution in [1.29, 1.82) is 0 Å². The highest BCUT2D eigenvalue weighted by Crippen LogP contribution is 2.30. The molecule has 0 unspecified atom stereocenters. The number of nitro benzene ring substituents is 1. The summed E-state index contributed by atoms with van der Waals surface area (Å²) in [5, 5.41) is 19.2. The van der Waals surface area contributed by atoms with Gasteiger partial charge in [0.05, 0.1) is 11.3 Å². The normalized spacial score (nSPS) is 12.2. The van der Waals surface area contributed by atoms with E-state index < -0.39 is 35.7 Å². The molecule has 0 saturated heterocycles. The van der Waals surface area contributed by atoms with E-state index >= 15 is 0 Å². The average Bonchev–Trinajstić information content (AvgIpc) is 2.27. The molecule has 1 rings (SSSR count). The second-order valence-corrected chi connectivity index (χ2v) is 3.56. The fraction of sp³-hybridized carbons (Fsp3) is 0.300. The van der Waals surface area contributed by atoms with Gasteiger partial charge in [0.25, 0.3) is 5.69 Å². The molecule has 0 fully saturated rings. The predicted molar refractivity (Wildman–Crippen MR) is 58.9 cm³/mol. The molecule has 0 saturated carbocycles. The molecule has 0 aliphatic rings. The van der Waals surface area contributed by atoms with Crippen LogP contribution in [0.5, 0.6) is 5.75 Å². The first-order valence-corrected chi connectivity index (χ1v) is 5.01. The molecule has 7 nitrogen and oxygen atoms in total. The summed E-state index contributed by atoms with van der Waals surface area (Å²) in [5.74, 6) is -1.64. The summed E-state index contributed by atoms with van der Waals surface area (Å²) >= 11 is 0. The average molecular weight is 276 g/mol. The van der Waals surface area contributed by atoms with Gasteiger partial charge in [-0.3, -0.25) is 14.9 Å². The Morgan fingerprint density at radius 2 is 2.16 bits per heavy atom. The zero-order chi connectivity index (χ0) is 14.6. The van der Waals surface area contributed by atoms with E-state index in [1.54, 1.807) is 0 Å². The number of nitrogens with zero attached hydrogens (tertiary/aromatic N) is 1. The van der Waals surface area contributed by atoms with E-state index in [0.717, 1.165) is 18.2 Å². The molecule has 3 N–H and O–H groups in total. The lowest BCUT2D eigenvalue weighted by Crippen LogP contribution is -2.17. The van der Waals surface area contributed by atoms with Crippen LogP contribution in [0.2, 0.25) is 0 Å². The number of nitrogens with two attached hydrogens (primary N) is 1. The first kappa shape index (κ1) is 14.8. The summed E-state index contributed by atoms with van der Waals surface area (Å²) in [7, 11) is 0. The van der Waals surface area contributed by atoms with Gasteiger partial charge in [0, 0.05) is 23.7 Å². The van der Waals surface area contributed by atoms with Crippen LogP contribution >= 0.6 is 0 Å². The highest BCUT2D eigenvalue weighted by Gasteiger charge is 2.21. The molecule has 9 heteroatoms. The third-order valence-electron chi connectivity index (χ3n) is 2.21. The number of ether oxygens (including phenoxy) is 1. The summed E-state index contributed by atoms with van der Waals surface area (Å²) in [4.78, 5) is 20.4. The lowest BCUT2D eigenvalue weighted by Gasteiger charge is -2.14. The molecule has 1 aromatic rings. The minimum atomic E-state index is -3.14. The Morgan fingerprint density at radius 1 is 1.53 bits per heavy atom. The van der Waals surface area contributed by atoms with E-state index in [2.05, 4.69) is 4.74 Å². The van der Waals surface area contributed by atoms with E-state index in [-0.39, 0.29) is 11.3 Å². The number of non-ortho nitro benzene ring substituents is 1. The highest BCUT2D eigenvalue weighted by atomic mass is 19.3. The number of hydrogen-bond acceptors (Lipinski definition) is 5. The van der Waals surface area contributed by atoms with Crippen molar-refractivity contribution in [1.82, 2.24) is 0 Å². The topological polar surface area (TPSA) is 116 Å². The molecule has 0 amide bonds. The second kappa shape index (κ2) is 6.05. The van der Waals surface area contributed by atoms with Crippen LogP contribution in [0.1, 0.15) is 18.0 Å². The molecule has 0 heterocycles. The van der Waals surface area contributed by atoms with Gasteiger partial charge in [0.15, 0.2) is 0 Å². The van der Waals surface area contributed by atoms with Crippen LogP contribution in [0.15, 0.2) is 18.2 Å². The molecule has 0 aliphatic heterocycles. The van der Waals surface area contributed by atoms with Gasteiger partial charge in [0.1, 0.15) is 5.75 Å². The first-order chi connectivity index (χ1) is 8.81. The lowest BCUT2D eigenvalue weighted by molar-refractivity contribution is -0.385. The van der Waals surface area contributed by atoms with Crippen LogP contribution in [-0.2, 0) is 4.79 Å². The molecule has 0 aromatic heterocycles. The van der Waals surface area contributed by atoms with Crippen LogP contribution in [-0.4, -0.2) is 22.6 Å². The van der Waals surface area contributed by atoms with Crippen molar-refractivity contribution in [3.8, 4) is 5.75 Å². The first-order valence-electron chi connectivity index (χ1n) is 5.01. The number of alkyl halides is 2. The Balaban J connectivity index is 3.16. The Bertz CT molecular complexity index is 495. The van der Waals surface area contributed by atoms with E-state index in [9.17, 15) is 23.7 Å². The van der Waals surface area contributed by atoms with Crippen molar-refractivity contribution in [3.63, 3.8) is 0 Å². The Labute approximate surface area is 105 Å². The van der Waals surface area contributed by atoms with E-state index in [0.29, 0.717) is 0 Å². The molecular weight excluding hydrogens is 266 g/mol. The van der Waals surface area contributed by atoms with Crippen molar-refractivity contribution in [2.75, 3.05) is 0 Å². The summed E-state index contributed by atoms with van der Waals surface area (Å²) in [5.41, 5.74) is 4.97. The highest BCUT2D eigenvalue weighted by molar-refractivity contribution is 5.68. The summed E-state index contributed by atoms with van der Waals surface area (Å²) in [6, 6.07) is 1.66. The summed E-state index contributed by atoms with van der Waals surface area (Å²) in [6.45, 7) is -3.14. The number of carbonyl (C=O) groups is 1. The molecule has 1 atom stereocenters. The van der Waals surface area contributed by atoms with E-state index in [4.69, 9.17) is 10.8 Å². The van der Waals surface area contributed by atoms with E-state index in [1.165, 1.54) is 0 Å². The predicted octanol–water partition coefficient (Wildman–Crippen LogP) is 1.67.